The number of nitrogens with one attached hydrogen (secondary N) is 3. The highest BCUT2D eigenvalue weighted by atomic mass is 35.5. The first-order chi connectivity index (χ1) is 11.9. The minimum atomic E-state index is -0.588. The molecule has 0 radical (unpaired) electrons. The smallest absolute Gasteiger partial charge is 0.305 e. The van der Waals surface area contributed by atoms with Crippen molar-refractivity contribution in [3.05, 3.63) is 49.6 Å². The van der Waals surface area contributed by atoms with E-state index in [9.17, 15) is 9.59 Å². The average Bonchev–Trinajstić information content (AvgIpc) is 2.98. The van der Waals surface area contributed by atoms with Gasteiger partial charge >= 0.3 is 6.03 Å². The fraction of sp³-hybridized carbons (Fsp3) is 0.294. The molecule has 0 spiro atoms. The van der Waals surface area contributed by atoms with Crippen molar-refractivity contribution in [1.29, 1.82) is 0 Å². The molecule has 1 heterocycles. The number of carbonyl (C=O) groups excluding carboxylic acids is 2. The predicted molar refractivity (Wildman–Crippen MR) is 102 cm³/mol. The molecule has 3 amide bonds. The van der Waals surface area contributed by atoms with Gasteiger partial charge in [-0.25, -0.2) is 10.2 Å². The molecule has 0 saturated carbocycles. The minimum Gasteiger partial charge on any atom is -0.305 e. The van der Waals surface area contributed by atoms with Crippen LogP contribution in [-0.4, -0.2) is 11.9 Å². The van der Waals surface area contributed by atoms with E-state index in [4.69, 9.17) is 23.2 Å². The zero-order valence-corrected chi connectivity index (χ0v) is 15.8. The van der Waals surface area contributed by atoms with E-state index >= 15 is 0 Å². The second kappa shape index (κ2) is 7.64. The van der Waals surface area contributed by atoms with Crippen LogP contribution >= 0.6 is 34.5 Å². The fourth-order valence-electron chi connectivity index (χ4n) is 2.79. The molecule has 3 N–H and O–H groups in total. The topological polar surface area (TPSA) is 70.2 Å². The number of hydrogen-bond acceptors (Lipinski definition) is 3. The Morgan fingerprint density at radius 1 is 1.24 bits per heavy atom. The van der Waals surface area contributed by atoms with Crippen molar-refractivity contribution in [1.82, 2.24) is 10.9 Å². The SMILES string of the molecule is CC1CCc2c(C(=O)NNC(=O)Nc3ccc(Cl)cc3Cl)csc2C1. The standard InChI is InChI=1S/C17H17Cl2N3O2S/c1-9-2-4-11-12(8-25-15(11)6-9)16(23)21-22-17(24)20-14-5-3-10(18)7-13(14)19/h3,5,7-9H,2,4,6H2,1H3,(H,21,23)(H2,20,22,24). The Bertz CT molecular complexity index is 822. The van der Waals surface area contributed by atoms with Gasteiger partial charge in [0.1, 0.15) is 0 Å². The van der Waals surface area contributed by atoms with Gasteiger partial charge in [0, 0.05) is 15.3 Å². The van der Waals surface area contributed by atoms with Crippen LogP contribution in [0.4, 0.5) is 10.5 Å². The van der Waals surface area contributed by atoms with Crippen LogP contribution in [0.3, 0.4) is 0 Å². The molecule has 5 nitrogen and oxygen atoms in total. The van der Waals surface area contributed by atoms with Gasteiger partial charge in [-0.15, -0.1) is 11.3 Å². The zero-order chi connectivity index (χ0) is 18.0. The zero-order valence-electron chi connectivity index (χ0n) is 13.5. The van der Waals surface area contributed by atoms with Crippen LogP contribution in [0.15, 0.2) is 23.6 Å². The van der Waals surface area contributed by atoms with Crippen molar-refractivity contribution in [3.63, 3.8) is 0 Å². The summed E-state index contributed by atoms with van der Waals surface area (Å²) in [6, 6.07) is 4.13. The van der Waals surface area contributed by atoms with Crippen LogP contribution in [0.5, 0.6) is 0 Å². The molecule has 132 valence electrons. The maximum atomic E-state index is 12.3. The van der Waals surface area contributed by atoms with E-state index in [-0.39, 0.29) is 5.91 Å². The average molecular weight is 398 g/mol. The Morgan fingerprint density at radius 2 is 2.04 bits per heavy atom. The van der Waals surface area contributed by atoms with Gasteiger partial charge in [-0.3, -0.25) is 10.2 Å². The first-order valence-electron chi connectivity index (χ1n) is 7.85. The van der Waals surface area contributed by atoms with Crippen molar-refractivity contribution in [2.75, 3.05) is 5.32 Å². The van der Waals surface area contributed by atoms with E-state index in [2.05, 4.69) is 23.1 Å². The summed E-state index contributed by atoms with van der Waals surface area (Å²) < 4.78 is 0. The maximum Gasteiger partial charge on any atom is 0.337 e. The summed E-state index contributed by atoms with van der Waals surface area (Å²) in [7, 11) is 0. The van der Waals surface area contributed by atoms with Crippen molar-refractivity contribution in [2.24, 2.45) is 5.92 Å². The third kappa shape index (κ3) is 4.26. The molecule has 1 aromatic carbocycles. The van der Waals surface area contributed by atoms with Crippen LogP contribution < -0.4 is 16.2 Å². The lowest BCUT2D eigenvalue weighted by atomic mass is 9.88. The van der Waals surface area contributed by atoms with Crippen molar-refractivity contribution >= 4 is 52.2 Å². The lowest BCUT2D eigenvalue weighted by molar-refractivity contribution is 0.0937. The third-order valence-corrected chi connectivity index (χ3v) is 5.71. The van der Waals surface area contributed by atoms with E-state index in [1.807, 2.05) is 5.38 Å². The number of benzene rings is 1. The number of rotatable bonds is 2. The molecule has 1 atom stereocenters. The normalized spacial score (nSPS) is 16.0. The molecule has 0 fully saturated rings. The number of halogens is 2. The van der Waals surface area contributed by atoms with Crippen molar-refractivity contribution in [3.8, 4) is 0 Å². The molecule has 25 heavy (non-hydrogen) atoms. The van der Waals surface area contributed by atoms with Gasteiger partial charge in [-0.2, -0.15) is 0 Å². The third-order valence-electron chi connectivity index (χ3n) is 4.12. The molecule has 1 aromatic heterocycles. The molecular formula is C17H17Cl2N3O2S. The van der Waals surface area contributed by atoms with E-state index in [1.54, 1.807) is 23.5 Å². The van der Waals surface area contributed by atoms with Crippen LogP contribution in [0.2, 0.25) is 10.0 Å². The summed E-state index contributed by atoms with van der Waals surface area (Å²) in [5, 5.41) is 5.20. The number of anilines is 1. The van der Waals surface area contributed by atoms with E-state index in [0.717, 1.165) is 24.8 Å². The van der Waals surface area contributed by atoms with E-state index in [1.165, 1.54) is 10.9 Å². The van der Waals surface area contributed by atoms with Gasteiger partial charge in [-0.1, -0.05) is 30.1 Å². The maximum absolute atomic E-state index is 12.3. The first kappa shape index (κ1) is 18.0. The number of hydrazine groups is 1. The number of urea groups is 1. The Balaban J connectivity index is 1.58. The summed E-state index contributed by atoms with van der Waals surface area (Å²) in [5.74, 6) is 0.333. The van der Waals surface area contributed by atoms with Crippen LogP contribution in [-0.2, 0) is 12.8 Å². The minimum absolute atomic E-state index is 0.315. The molecule has 0 saturated heterocycles. The lowest BCUT2D eigenvalue weighted by Gasteiger charge is -2.18. The summed E-state index contributed by atoms with van der Waals surface area (Å²) in [4.78, 5) is 25.5. The number of hydrogen-bond donors (Lipinski definition) is 3. The summed E-state index contributed by atoms with van der Waals surface area (Å²) >= 11 is 13.4. The quantitative estimate of drug-likeness (QED) is 0.645. The Labute approximate surface area is 159 Å². The van der Waals surface area contributed by atoms with Crippen molar-refractivity contribution in [2.45, 2.75) is 26.2 Å². The number of carbonyl (C=O) groups is 2. The molecule has 8 heteroatoms. The van der Waals surface area contributed by atoms with Gasteiger partial charge in [0.25, 0.3) is 5.91 Å². The Morgan fingerprint density at radius 3 is 2.80 bits per heavy atom. The fourth-order valence-corrected chi connectivity index (χ4v) is 4.49. The van der Waals surface area contributed by atoms with Gasteiger partial charge in [-0.05, 0) is 48.9 Å². The highest BCUT2D eigenvalue weighted by Crippen LogP contribution is 2.32. The summed E-state index contributed by atoms with van der Waals surface area (Å²) in [6.07, 6.45) is 2.98. The van der Waals surface area contributed by atoms with Crippen LogP contribution in [0.1, 0.15) is 34.1 Å². The molecule has 0 bridgehead atoms. The van der Waals surface area contributed by atoms with Crippen molar-refractivity contribution < 1.29 is 9.59 Å². The summed E-state index contributed by atoms with van der Waals surface area (Å²) in [6.45, 7) is 2.22. The molecule has 1 aliphatic rings. The van der Waals surface area contributed by atoms with Crippen LogP contribution in [0, 0.1) is 5.92 Å². The highest BCUT2D eigenvalue weighted by Gasteiger charge is 2.23. The Kier molecular flexibility index (Phi) is 5.51. The molecule has 2 aromatic rings. The van der Waals surface area contributed by atoms with Gasteiger partial charge in [0.05, 0.1) is 16.3 Å². The summed E-state index contributed by atoms with van der Waals surface area (Å²) in [5.41, 5.74) is 6.91. The van der Waals surface area contributed by atoms with E-state index in [0.29, 0.717) is 27.2 Å². The Hall–Kier alpha value is -1.76. The van der Waals surface area contributed by atoms with E-state index < -0.39 is 6.03 Å². The molecule has 3 rings (SSSR count). The lowest BCUT2D eigenvalue weighted by Crippen LogP contribution is -2.44. The first-order valence-corrected chi connectivity index (χ1v) is 9.49. The van der Waals surface area contributed by atoms with Gasteiger partial charge in [0.15, 0.2) is 0 Å². The predicted octanol–water partition coefficient (Wildman–Crippen LogP) is 4.65. The van der Waals surface area contributed by atoms with Crippen LogP contribution in [0.25, 0.3) is 0 Å². The highest BCUT2D eigenvalue weighted by molar-refractivity contribution is 7.10. The second-order valence-corrected chi connectivity index (χ2v) is 7.86. The van der Waals surface area contributed by atoms with Gasteiger partial charge < -0.3 is 5.32 Å². The second-order valence-electron chi connectivity index (χ2n) is 6.06. The number of fused-ring (bicyclic) bond motifs is 1. The number of thiophene rings is 1. The largest absolute Gasteiger partial charge is 0.337 e. The number of amides is 3. The monoisotopic (exact) mass is 397 g/mol. The molecule has 1 aliphatic carbocycles. The molecular weight excluding hydrogens is 381 g/mol. The van der Waals surface area contributed by atoms with Gasteiger partial charge in [0.2, 0.25) is 0 Å². The molecule has 1 unspecified atom stereocenters. The molecule has 0 aliphatic heterocycles.